The lowest BCUT2D eigenvalue weighted by Gasteiger charge is -2.11. The average Bonchev–Trinajstić information content (AvgIpc) is 2.48. The SMILES string of the molecule is NC(=O)COc1ccc(NS(=O)(=O)c2cc(Br)ccc2Br)cc1. The zero-order valence-corrected chi connectivity index (χ0v) is 15.6. The van der Waals surface area contributed by atoms with Gasteiger partial charge in [0.25, 0.3) is 15.9 Å². The zero-order chi connectivity index (χ0) is 17.0. The van der Waals surface area contributed by atoms with E-state index >= 15 is 0 Å². The van der Waals surface area contributed by atoms with Crippen LogP contribution in [0.1, 0.15) is 0 Å². The third-order valence-electron chi connectivity index (χ3n) is 2.67. The van der Waals surface area contributed by atoms with Gasteiger partial charge >= 0.3 is 0 Å². The van der Waals surface area contributed by atoms with Gasteiger partial charge in [0.15, 0.2) is 6.61 Å². The second-order valence-corrected chi connectivity index (χ2v) is 7.88. The van der Waals surface area contributed by atoms with Crippen LogP contribution in [0.15, 0.2) is 56.3 Å². The summed E-state index contributed by atoms with van der Waals surface area (Å²) in [7, 11) is -3.75. The summed E-state index contributed by atoms with van der Waals surface area (Å²) in [6.45, 7) is -0.240. The predicted octanol–water partition coefficient (Wildman–Crippen LogP) is 2.88. The molecule has 2 aromatic rings. The van der Waals surface area contributed by atoms with Crippen LogP contribution in [0.5, 0.6) is 5.75 Å². The molecule has 0 saturated carbocycles. The number of nitrogens with one attached hydrogen (secondary N) is 1. The lowest BCUT2D eigenvalue weighted by molar-refractivity contribution is -0.119. The largest absolute Gasteiger partial charge is 0.484 e. The number of sulfonamides is 1. The van der Waals surface area contributed by atoms with Gasteiger partial charge in [-0.1, -0.05) is 15.9 Å². The van der Waals surface area contributed by atoms with E-state index in [0.717, 1.165) is 0 Å². The van der Waals surface area contributed by atoms with Crippen molar-refractivity contribution in [3.63, 3.8) is 0 Å². The maximum Gasteiger partial charge on any atom is 0.263 e. The Morgan fingerprint density at radius 3 is 2.39 bits per heavy atom. The first-order valence-electron chi connectivity index (χ1n) is 6.27. The van der Waals surface area contributed by atoms with E-state index in [-0.39, 0.29) is 11.5 Å². The quantitative estimate of drug-likeness (QED) is 0.687. The van der Waals surface area contributed by atoms with Crippen LogP contribution in [-0.2, 0) is 14.8 Å². The number of rotatable bonds is 6. The van der Waals surface area contributed by atoms with E-state index in [0.29, 0.717) is 20.4 Å². The van der Waals surface area contributed by atoms with Crippen LogP contribution in [0.3, 0.4) is 0 Å². The minimum absolute atomic E-state index is 0.112. The summed E-state index contributed by atoms with van der Waals surface area (Å²) in [5, 5.41) is 0. The van der Waals surface area contributed by atoms with E-state index in [1.54, 1.807) is 12.1 Å². The summed E-state index contributed by atoms with van der Waals surface area (Å²) in [5.41, 5.74) is 5.34. The normalized spacial score (nSPS) is 11.0. The van der Waals surface area contributed by atoms with E-state index in [4.69, 9.17) is 10.5 Å². The molecule has 0 radical (unpaired) electrons. The number of halogens is 2. The van der Waals surface area contributed by atoms with Crippen molar-refractivity contribution in [3.05, 3.63) is 51.4 Å². The summed E-state index contributed by atoms with van der Waals surface area (Å²) in [6, 6.07) is 11.0. The minimum atomic E-state index is -3.75. The number of anilines is 1. The van der Waals surface area contributed by atoms with Crippen molar-refractivity contribution in [1.82, 2.24) is 0 Å². The first-order chi connectivity index (χ1) is 10.8. The molecule has 0 aliphatic carbocycles. The molecule has 23 heavy (non-hydrogen) atoms. The van der Waals surface area contributed by atoms with Gasteiger partial charge in [-0.05, 0) is 58.4 Å². The van der Waals surface area contributed by atoms with Crippen molar-refractivity contribution in [3.8, 4) is 5.75 Å². The molecular formula is C14H12Br2N2O4S. The molecule has 0 saturated heterocycles. The third-order valence-corrected chi connectivity index (χ3v) is 5.54. The van der Waals surface area contributed by atoms with E-state index in [1.165, 1.54) is 30.3 Å². The van der Waals surface area contributed by atoms with Crippen LogP contribution in [0.4, 0.5) is 5.69 Å². The van der Waals surface area contributed by atoms with Gasteiger partial charge in [-0.25, -0.2) is 8.42 Å². The van der Waals surface area contributed by atoms with E-state index in [2.05, 4.69) is 36.6 Å². The summed E-state index contributed by atoms with van der Waals surface area (Å²) >= 11 is 6.47. The van der Waals surface area contributed by atoms with Gasteiger partial charge in [-0.15, -0.1) is 0 Å². The molecule has 122 valence electrons. The zero-order valence-electron chi connectivity index (χ0n) is 11.6. The number of amides is 1. The summed E-state index contributed by atoms with van der Waals surface area (Å²) in [5.74, 6) is -0.176. The van der Waals surface area contributed by atoms with Gasteiger partial charge in [0.05, 0.1) is 0 Å². The fraction of sp³-hybridized carbons (Fsp3) is 0.0714. The van der Waals surface area contributed by atoms with Crippen molar-refractivity contribution in [1.29, 1.82) is 0 Å². The Balaban J connectivity index is 2.17. The first-order valence-corrected chi connectivity index (χ1v) is 9.34. The van der Waals surface area contributed by atoms with Crippen LogP contribution in [0, 0.1) is 0 Å². The Kier molecular flexibility index (Phi) is 5.66. The maximum atomic E-state index is 12.4. The highest BCUT2D eigenvalue weighted by atomic mass is 79.9. The van der Waals surface area contributed by atoms with Crippen molar-refractivity contribution in [2.45, 2.75) is 4.90 Å². The number of ether oxygens (including phenoxy) is 1. The Hall–Kier alpha value is -1.58. The van der Waals surface area contributed by atoms with Crippen LogP contribution in [0.2, 0.25) is 0 Å². The van der Waals surface area contributed by atoms with Gasteiger partial charge in [0.1, 0.15) is 10.6 Å². The number of nitrogens with two attached hydrogens (primary N) is 1. The Bertz CT molecular complexity index is 823. The molecule has 0 aliphatic rings. The number of primary amides is 1. The fourth-order valence-electron chi connectivity index (χ4n) is 1.67. The Morgan fingerprint density at radius 1 is 1.13 bits per heavy atom. The molecule has 0 heterocycles. The van der Waals surface area contributed by atoms with Crippen molar-refractivity contribution in [2.24, 2.45) is 5.73 Å². The molecule has 0 atom stereocenters. The fourth-order valence-corrected chi connectivity index (χ4v) is 4.23. The van der Waals surface area contributed by atoms with Crippen LogP contribution in [0.25, 0.3) is 0 Å². The average molecular weight is 464 g/mol. The first kappa shape index (κ1) is 17.8. The smallest absolute Gasteiger partial charge is 0.263 e. The number of carbonyl (C=O) groups is 1. The van der Waals surface area contributed by atoms with E-state index < -0.39 is 15.9 Å². The highest BCUT2D eigenvalue weighted by Crippen LogP contribution is 2.27. The minimum Gasteiger partial charge on any atom is -0.484 e. The molecule has 0 bridgehead atoms. The highest BCUT2D eigenvalue weighted by Gasteiger charge is 2.18. The van der Waals surface area contributed by atoms with E-state index in [9.17, 15) is 13.2 Å². The standard InChI is InChI=1S/C14H12Br2N2O4S/c15-9-1-6-12(16)13(7-9)23(20,21)18-10-2-4-11(5-3-10)22-8-14(17)19/h1-7,18H,8H2,(H2,17,19). The molecule has 2 aromatic carbocycles. The van der Waals surface area contributed by atoms with Crippen LogP contribution in [-0.4, -0.2) is 20.9 Å². The van der Waals surface area contributed by atoms with Gasteiger partial charge in [0.2, 0.25) is 0 Å². The van der Waals surface area contributed by atoms with Crippen molar-refractivity contribution >= 4 is 53.5 Å². The van der Waals surface area contributed by atoms with Gasteiger partial charge < -0.3 is 10.5 Å². The van der Waals surface area contributed by atoms with Gasteiger partial charge in [-0.2, -0.15) is 0 Å². The van der Waals surface area contributed by atoms with Crippen molar-refractivity contribution in [2.75, 3.05) is 11.3 Å². The second kappa shape index (κ2) is 7.33. The van der Waals surface area contributed by atoms with E-state index in [1.807, 2.05) is 0 Å². The Labute approximate surface area is 150 Å². The number of hydrogen-bond donors (Lipinski definition) is 2. The molecule has 0 unspecified atom stereocenters. The number of hydrogen-bond acceptors (Lipinski definition) is 4. The Morgan fingerprint density at radius 2 is 1.78 bits per heavy atom. The molecule has 0 aliphatic heterocycles. The molecule has 0 fully saturated rings. The molecule has 2 rings (SSSR count). The van der Waals surface area contributed by atoms with Crippen LogP contribution >= 0.6 is 31.9 Å². The highest BCUT2D eigenvalue weighted by molar-refractivity contribution is 9.11. The molecule has 6 nitrogen and oxygen atoms in total. The maximum absolute atomic E-state index is 12.4. The topological polar surface area (TPSA) is 98.5 Å². The molecule has 1 amide bonds. The lowest BCUT2D eigenvalue weighted by atomic mass is 10.3. The van der Waals surface area contributed by atoms with Gasteiger partial charge in [0, 0.05) is 14.6 Å². The molecular weight excluding hydrogens is 452 g/mol. The summed E-state index contributed by atoms with van der Waals surface area (Å²) in [4.78, 5) is 10.8. The van der Waals surface area contributed by atoms with Gasteiger partial charge in [-0.3, -0.25) is 9.52 Å². The van der Waals surface area contributed by atoms with Crippen molar-refractivity contribution < 1.29 is 17.9 Å². The summed E-state index contributed by atoms with van der Waals surface area (Å²) < 4.78 is 33.5. The third kappa shape index (κ3) is 4.95. The molecule has 0 spiro atoms. The lowest BCUT2D eigenvalue weighted by Crippen LogP contribution is -2.20. The molecule has 0 aromatic heterocycles. The summed E-state index contributed by atoms with van der Waals surface area (Å²) in [6.07, 6.45) is 0. The van der Waals surface area contributed by atoms with Crippen LogP contribution < -0.4 is 15.2 Å². The second-order valence-electron chi connectivity index (χ2n) is 4.46. The number of benzene rings is 2. The predicted molar refractivity (Wildman–Crippen MR) is 93.8 cm³/mol. The monoisotopic (exact) mass is 462 g/mol. The molecule has 3 N–H and O–H groups in total. The molecule has 9 heteroatoms. The number of carbonyl (C=O) groups excluding carboxylic acids is 1.